The minimum atomic E-state index is -4.49. The average Bonchev–Trinajstić information content (AvgIpc) is 1.82. The van der Waals surface area contributed by atoms with Gasteiger partial charge in [0.1, 0.15) is 16.7 Å². The summed E-state index contributed by atoms with van der Waals surface area (Å²) in [5.41, 5.74) is -1.05. The molecule has 0 aromatic heterocycles. The lowest BCUT2D eigenvalue weighted by atomic mass is 10.3. The van der Waals surface area contributed by atoms with Crippen LogP contribution in [-0.4, -0.2) is 20.8 Å². The lowest BCUT2D eigenvalue weighted by molar-refractivity contribution is -0.0589. The van der Waals surface area contributed by atoms with Crippen LogP contribution in [0, 0.1) is 0 Å². The molecule has 0 amide bonds. The first-order valence-electron chi connectivity index (χ1n) is 3.59. The molecule has 0 aromatic rings. The van der Waals surface area contributed by atoms with Crippen LogP contribution in [0.3, 0.4) is 0 Å². The molecule has 0 radical (unpaired) electrons. The fourth-order valence-electron chi connectivity index (χ4n) is 0.313. The Labute approximate surface area is 77.8 Å². The quantitative estimate of drug-likeness (QED) is 0.618. The van der Waals surface area contributed by atoms with E-state index in [1.54, 1.807) is 20.8 Å². The third kappa shape index (κ3) is 4.40. The molecule has 0 fully saturated rings. The van der Waals surface area contributed by atoms with Gasteiger partial charge in [0.2, 0.25) is 0 Å². The van der Waals surface area contributed by atoms with Gasteiger partial charge in [0, 0.05) is 0 Å². The average molecular weight is 215 g/mol. The summed E-state index contributed by atoms with van der Waals surface area (Å²) in [6, 6.07) is 0. The van der Waals surface area contributed by atoms with Crippen LogP contribution in [0.15, 0.2) is 4.40 Å². The summed E-state index contributed by atoms with van der Waals surface area (Å²) < 4.78 is 49.3. The Bertz CT molecular complexity index is 239. The van der Waals surface area contributed by atoms with Gasteiger partial charge >= 0.3 is 6.18 Å². The molecule has 0 aliphatic heterocycles. The molecule has 0 saturated heterocycles. The molecule has 0 aromatic carbocycles. The Hall–Kier alpha value is -0.390. The lowest BCUT2D eigenvalue weighted by Crippen LogP contribution is -2.25. The van der Waals surface area contributed by atoms with Crippen molar-refractivity contribution in [1.29, 1.82) is 0 Å². The molecular weight excluding hydrogens is 203 g/mol. The van der Waals surface area contributed by atoms with Crippen molar-refractivity contribution < 1.29 is 17.4 Å². The SMILES string of the molecule is C/C(=N/S(=O)C(C)(C)C)C(F)(F)F. The van der Waals surface area contributed by atoms with Gasteiger partial charge < -0.3 is 0 Å². The summed E-state index contributed by atoms with van der Waals surface area (Å²) in [4.78, 5) is 0. The van der Waals surface area contributed by atoms with Crippen LogP contribution in [0.2, 0.25) is 0 Å². The molecule has 2 nitrogen and oxygen atoms in total. The van der Waals surface area contributed by atoms with Crippen LogP contribution < -0.4 is 0 Å². The van der Waals surface area contributed by atoms with E-state index in [2.05, 4.69) is 4.40 Å². The van der Waals surface area contributed by atoms with Crippen molar-refractivity contribution in [2.45, 2.75) is 38.6 Å². The Morgan fingerprint density at radius 3 is 1.85 bits per heavy atom. The normalized spacial score (nSPS) is 17.3. The summed E-state index contributed by atoms with van der Waals surface area (Å²) in [7, 11) is -1.85. The molecule has 0 rings (SSSR count). The molecule has 6 heteroatoms. The fourth-order valence-corrected chi connectivity index (χ4v) is 0.939. The molecule has 0 spiro atoms. The van der Waals surface area contributed by atoms with Gasteiger partial charge in [0.05, 0.1) is 4.75 Å². The first-order valence-corrected chi connectivity index (χ1v) is 4.70. The van der Waals surface area contributed by atoms with Crippen molar-refractivity contribution in [2.75, 3.05) is 0 Å². The molecule has 1 unspecified atom stereocenters. The zero-order valence-electron chi connectivity index (χ0n) is 7.90. The van der Waals surface area contributed by atoms with E-state index >= 15 is 0 Å². The van der Waals surface area contributed by atoms with Gasteiger partial charge in [-0.25, -0.2) is 4.21 Å². The van der Waals surface area contributed by atoms with Crippen molar-refractivity contribution >= 4 is 16.7 Å². The Morgan fingerprint density at radius 2 is 1.62 bits per heavy atom. The van der Waals surface area contributed by atoms with E-state index in [0.717, 1.165) is 6.92 Å². The number of rotatable bonds is 1. The summed E-state index contributed by atoms with van der Waals surface area (Å²) in [6.07, 6.45) is -4.49. The van der Waals surface area contributed by atoms with E-state index in [9.17, 15) is 17.4 Å². The summed E-state index contributed by atoms with van der Waals surface area (Å²) in [5, 5.41) is 0. The highest BCUT2D eigenvalue weighted by Gasteiger charge is 2.33. The minimum absolute atomic E-state index is 0.757. The highest BCUT2D eigenvalue weighted by atomic mass is 32.2. The summed E-state index contributed by atoms with van der Waals surface area (Å²) in [6.45, 7) is 5.51. The maximum atomic E-state index is 11.9. The zero-order valence-corrected chi connectivity index (χ0v) is 8.71. The predicted octanol–water partition coefficient (Wildman–Crippen LogP) is 2.47. The van der Waals surface area contributed by atoms with E-state index in [1.807, 2.05) is 0 Å². The van der Waals surface area contributed by atoms with E-state index in [1.165, 1.54) is 0 Å². The second-order valence-corrected chi connectivity index (χ2v) is 5.44. The van der Waals surface area contributed by atoms with Crippen molar-refractivity contribution in [3.8, 4) is 0 Å². The monoisotopic (exact) mass is 215 g/mol. The molecule has 13 heavy (non-hydrogen) atoms. The molecule has 78 valence electrons. The molecule has 0 heterocycles. The largest absolute Gasteiger partial charge is 0.429 e. The van der Waals surface area contributed by atoms with Crippen LogP contribution in [0.4, 0.5) is 13.2 Å². The number of alkyl halides is 3. The van der Waals surface area contributed by atoms with E-state index in [0.29, 0.717) is 0 Å². The number of hydrogen-bond donors (Lipinski definition) is 0. The number of halogens is 3. The first-order chi connectivity index (χ1) is 5.55. The topological polar surface area (TPSA) is 29.4 Å². The molecule has 0 aliphatic rings. The van der Waals surface area contributed by atoms with Crippen LogP contribution in [0.1, 0.15) is 27.7 Å². The Balaban J connectivity index is 4.70. The van der Waals surface area contributed by atoms with Gasteiger partial charge in [-0.15, -0.1) is 0 Å². The third-order valence-electron chi connectivity index (χ3n) is 1.15. The van der Waals surface area contributed by atoms with Crippen LogP contribution >= 0.6 is 0 Å². The van der Waals surface area contributed by atoms with Crippen LogP contribution in [0.25, 0.3) is 0 Å². The minimum Gasteiger partial charge on any atom is -0.234 e. The van der Waals surface area contributed by atoms with Gasteiger partial charge in [-0.05, 0) is 27.7 Å². The number of hydrogen-bond acceptors (Lipinski definition) is 1. The van der Waals surface area contributed by atoms with Crippen LogP contribution in [-0.2, 0) is 11.0 Å². The van der Waals surface area contributed by atoms with E-state index in [4.69, 9.17) is 0 Å². The Kier molecular flexibility index (Phi) is 3.66. The first kappa shape index (κ1) is 12.6. The molecule has 0 bridgehead atoms. The summed E-state index contributed by atoms with van der Waals surface area (Å²) in [5.74, 6) is 0. The van der Waals surface area contributed by atoms with Crippen molar-refractivity contribution in [3.63, 3.8) is 0 Å². The van der Waals surface area contributed by atoms with E-state index in [-0.39, 0.29) is 0 Å². The molecule has 0 saturated carbocycles. The van der Waals surface area contributed by atoms with Gasteiger partial charge in [0.15, 0.2) is 0 Å². The molecule has 0 aliphatic carbocycles. The van der Waals surface area contributed by atoms with Gasteiger partial charge in [-0.2, -0.15) is 17.6 Å². The molecule has 0 N–H and O–H groups in total. The van der Waals surface area contributed by atoms with Gasteiger partial charge in [-0.1, -0.05) is 0 Å². The standard InChI is InChI=1S/C7H12F3NOS/c1-5(7(8,9)10)11-13(12)6(2,3)4/h1-4H3/b11-5-. The second kappa shape index (κ2) is 3.77. The maximum absolute atomic E-state index is 11.9. The smallest absolute Gasteiger partial charge is 0.234 e. The molecular formula is C7H12F3NOS. The highest BCUT2D eigenvalue weighted by Crippen LogP contribution is 2.20. The van der Waals surface area contributed by atoms with Gasteiger partial charge in [-0.3, -0.25) is 0 Å². The van der Waals surface area contributed by atoms with E-state index < -0.39 is 27.6 Å². The fraction of sp³-hybridized carbons (Fsp3) is 0.857. The zero-order chi connectivity index (χ0) is 10.9. The van der Waals surface area contributed by atoms with Crippen molar-refractivity contribution in [1.82, 2.24) is 0 Å². The Morgan fingerprint density at radius 1 is 1.23 bits per heavy atom. The van der Waals surface area contributed by atoms with Crippen molar-refractivity contribution in [2.24, 2.45) is 4.40 Å². The third-order valence-corrected chi connectivity index (χ3v) is 2.64. The lowest BCUT2D eigenvalue weighted by Gasteiger charge is -2.14. The second-order valence-electron chi connectivity index (χ2n) is 3.54. The highest BCUT2D eigenvalue weighted by molar-refractivity contribution is 7.85. The van der Waals surface area contributed by atoms with Crippen molar-refractivity contribution in [3.05, 3.63) is 0 Å². The van der Waals surface area contributed by atoms with Gasteiger partial charge in [0.25, 0.3) is 0 Å². The molecule has 1 atom stereocenters. The number of nitrogens with zero attached hydrogens (tertiary/aromatic N) is 1. The maximum Gasteiger partial charge on any atom is 0.429 e. The predicted molar refractivity (Wildman–Crippen MR) is 47.1 cm³/mol. The van der Waals surface area contributed by atoms with Crippen LogP contribution in [0.5, 0.6) is 0 Å². The summed E-state index contributed by atoms with van der Waals surface area (Å²) >= 11 is 0.